The van der Waals surface area contributed by atoms with Crippen molar-refractivity contribution in [1.29, 1.82) is 0 Å². The van der Waals surface area contributed by atoms with Crippen LogP contribution in [0.25, 0.3) is 0 Å². The maximum Gasteiger partial charge on any atom is 0.0931 e. The van der Waals surface area contributed by atoms with Crippen molar-refractivity contribution in [3.63, 3.8) is 0 Å². The topological polar surface area (TPSA) is 12.0 Å². The molecule has 1 rings (SSSR count). The number of halogens is 1. The molecule has 0 spiro atoms. The quantitative estimate of drug-likeness (QED) is 0.806. The molecule has 0 bridgehead atoms. The molecule has 0 saturated heterocycles. The maximum absolute atomic E-state index is 5.92. The normalized spacial score (nSPS) is 13.0. The van der Waals surface area contributed by atoms with Crippen LogP contribution in [0.2, 0.25) is 4.34 Å². The van der Waals surface area contributed by atoms with Crippen molar-refractivity contribution >= 4 is 34.7 Å². The smallest absolute Gasteiger partial charge is 0.0931 e. The SMILES string of the molecule is CCNC(CSCC)Cc1ccc(Cl)s1. The molecule has 1 N–H and O–H groups in total. The maximum atomic E-state index is 5.92. The summed E-state index contributed by atoms with van der Waals surface area (Å²) >= 11 is 9.60. The van der Waals surface area contributed by atoms with E-state index in [2.05, 4.69) is 25.2 Å². The Balaban J connectivity index is 2.42. The van der Waals surface area contributed by atoms with Crippen LogP contribution in [0.5, 0.6) is 0 Å². The first kappa shape index (κ1) is 13.4. The molecule has 0 aliphatic carbocycles. The molecule has 1 atom stereocenters. The van der Waals surface area contributed by atoms with Crippen LogP contribution in [0, 0.1) is 0 Å². The van der Waals surface area contributed by atoms with Gasteiger partial charge in [0.1, 0.15) is 0 Å². The summed E-state index contributed by atoms with van der Waals surface area (Å²) in [7, 11) is 0. The standard InChI is InChI=1S/C11H18ClNS2/c1-3-13-9(8-14-4-2)7-10-5-6-11(12)15-10/h5-6,9,13H,3-4,7-8H2,1-2H3. The van der Waals surface area contributed by atoms with Gasteiger partial charge in [0.15, 0.2) is 0 Å². The van der Waals surface area contributed by atoms with Crippen LogP contribution in [-0.4, -0.2) is 24.1 Å². The molecule has 0 radical (unpaired) electrons. The van der Waals surface area contributed by atoms with Crippen LogP contribution in [0.15, 0.2) is 12.1 Å². The van der Waals surface area contributed by atoms with Crippen LogP contribution >= 0.6 is 34.7 Å². The molecule has 0 aliphatic rings. The third-order valence-corrected chi connectivity index (χ3v) is 4.39. The molecule has 0 saturated carbocycles. The van der Waals surface area contributed by atoms with Crippen LogP contribution < -0.4 is 5.32 Å². The van der Waals surface area contributed by atoms with Crippen molar-refractivity contribution in [2.45, 2.75) is 26.3 Å². The van der Waals surface area contributed by atoms with Crippen molar-refractivity contribution in [2.75, 3.05) is 18.1 Å². The Hall–Kier alpha value is 0.300. The Morgan fingerprint density at radius 3 is 2.80 bits per heavy atom. The Bertz CT molecular complexity index is 275. The van der Waals surface area contributed by atoms with Crippen molar-refractivity contribution in [1.82, 2.24) is 5.32 Å². The van der Waals surface area contributed by atoms with E-state index in [0.29, 0.717) is 6.04 Å². The number of nitrogens with one attached hydrogen (secondary N) is 1. The fourth-order valence-corrected chi connectivity index (χ4v) is 3.37. The lowest BCUT2D eigenvalue weighted by atomic mass is 10.2. The van der Waals surface area contributed by atoms with Gasteiger partial charge < -0.3 is 5.32 Å². The van der Waals surface area contributed by atoms with Gasteiger partial charge in [-0.15, -0.1) is 11.3 Å². The van der Waals surface area contributed by atoms with Gasteiger partial charge in [-0.1, -0.05) is 25.4 Å². The highest BCUT2D eigenvalue weighted by atomic mass is 35.5. The average molecular weight is 264 g/mol. The fraction of sp³-hybridized carbons (Fsp3) is 0.636. The summed E-state index contributed by atoms with van der Waals surface area (Å²) in [5, 5.41) is 3.52. The van der Waals surface area contributed by atoms with Crippen LogP contribution in [-0.2, 0) is 6.42 Å². The minimum atomic E-state index is 0.578. The first-order valence-electron chi connectivity index (χ1n) is 5.31. The van der Waals surface area contributed by atoms with E-state index in [1.807, 2.05) is 17.8 Å². The summed E-state index contributed by atoms with van der Waals surface area (Å²) in [5.74, 6) is 2.37. The van der Waals surface area contributed by atoms with Gasteiger partial charge in [-0.3, -0.25) is 0 Å². The van der Waals surface area contributed by atoms with Crippen LogP contribution in [0.4, 0.5) is 0 Å². The summed E-state index contributed by atoms with van der Waals surface area (Å²) in [6.07, 6.45) is 1.10. The number of hydrogen-bond acceptors (Lipinski definition) is 3. The molecule has 0 fully saturated rings. The van der Waals surface area contributed by atoms with E-state index in [0.717, 1.165) is 17.3 Å². The van der Waals surface area contributed by atoms with Gasteiger partial charge in [0, 0.05) is 16.7 Å². The molecule has 1 nitrogen and oxygen atoms in total. The lowest BCUT2D eigenvalue weighted by Gasteiger charge is -2.16. The van der Waals surface area contributed by atoms with E-state index in [-0.39, 0.29) is 0 Å². The van der Waals surface area contributed by atoms with Crippen molar-refractivity contribution < 1.29 is 0 Å². The average Bonchev–Trinajstić information content (AvgIpc) is 2.61. The highest BCUT2D eigenvalue weighted by molar-refractivity contribution is 7.99. The van der Waals surface area contributed by atoms with Gasteiger partial charge in [0.25, 0.3) is 0 Å². The second-order valence-corrected chi connectivity index (χ2v) is 6.44. The van der Waals surface area contributed by atoms with Crippen molar-refractivity contribution in [3.8, 4) is 0 Å². The summed E-state index contributed by atoms with van der Waals surface area (Å²) in [6.45, 7) is 5.40. The highest BCUT2D eigenvalue weighted by Gasteiger charge is 2.09. The predicted octanol–water partition coefficient (Wildman–Crippen LogP) is 3.68. The molecule has 1 unspecified atom stereocenters. The first-order valence-corrected chi connectivity index (χ1v) is 7.66. The van der Waals surface area contributed by atoms with Gasteiger partial charge in [-0.05, 0) is 30.9 Å². The predicted molar refractivity (Wildman–Crippen MR) is 73.5 cm³/mol. The Labute approximate surface area is 106 Å². The van der Waals surface area contributed by atoms with Gasteiger partial charge >= 0.3 is 0 Å². The zero-order valence-electron chi connectivity index (χ0n) is 9.25. The molecule has 0 aliphatic heterocycles. The number of thiophene rings is 1. The summed E-state index contributed by atoms with van der Waals surface area (Å²) < 4.78 is 0.892. The zero-order valence-corrected chi connectivity index (χ0v) is 11.6. The monoisotopic (exact) mass is 263 g/mol. The van der Waals surface area contributed by atoms with E-state index >= 15 is 0 Å². The summed E-state index contributed by atoms with van der Waals surface area (Å²) in [6, 6.07) is 4.69. The second kappa shape index (κ2) is 7.55. The molecule has 1 aromatic rings. The number of likely N-dealkylation sites (N-methyl/N-ethyl adjacent to an activating group) is 1. The molecular formula is C11H18ClNS2. The first-order chi connectivity index (χ1) is 7.26. The van der Waals surface area contributed by atoms with Crippen molar-refractivity contribution in [3.05, 3.63) is 21.3 Å². The molecule has 4 heteroatoms. The van der Waals surface area contributed by atoms with Gasteiger partial charge in [-0.2, -0.15) is 11.8 Å². The Kier molecular flexibility index (Phi) is 6.73. The lowest BCUT2D eigenvalue weighted by molar-refractivity contribution is 0.576. The van der Waals surface area contributed by atoms with E-state index in [4.69, 9.17) is 11.6 Å². The number of hydrogen-bond donors (Lipinski definition) is 1. The molecular weight excluding hydrogens is 246 g/mol. The van der Waals surface area contributed by atoms with Crippen LogP contribution in [0.3, 0.4) is 0 Å². The third-order valence-electron chi connectivity index (χ3n) is 2.09. The third kappa shape index (κ3) is 5.25. The van der Waals surface area contributed by atoms with E-state index in [1.165, 1.54) is 16.4 Å². The summed E-state index contributed by atoms with van der Waals surface area (Å²) in [4.78, 5) is 1.38. The summed E-state index contributed by atoms with van der Waals surface area (Å²) in [5.41, 5.74) is 0. The van der Waals surface area contributed by atoms with E-state index in [1.54, 1.807) is 11.3 Å². The molecule has 86 valence electrons. The van der Waals surface area contributed by atoms with E-state index in [9.17, 15) is 0 Å². The second-order valence-electron chi connectivity index (χ2n) is 3.32. The molecule has 1 heterocycles. The Morgan fingerprint density at radius 1 is 1.47 bits per heavy atom. The molecule has 0 amide bonds. The number of thioether (sulfide) groups is 1. The molecule has 15 heavy (non-hydrogen) atoms. The molecule has 1 aromatic heterocycles. The van der Waals surface area contributed by atoms with Gasteiger partial charge in [-0.25, -0.2) is 0 Å². The highest BCUT2D eigenvalue weighted by Crippen LogP contribution is 2.23. The van der Waals surface area contributed by atoms with Crippen LogP contribution in [0.1, 0.15) is 18.7 Å². The lowest BCUT2D eigenvalue weighted by Crippen LogP contribution is -2.33. The molecule has 0 aromatic carbocycles. The largest absolute Gasteiger partial charge is 0.313 e. The number of rotatable bonds is 7. The minimum absolute atomic E-state index is 0.578. The fourth-order valence-electron chi connectivity index (χ4n) is 1.44. The minimum Gasteiger partial charge on any atom is -0.313 e. The van der Waals surface area contributed by atoms with E-state index < -0.39 is 0 Å². The Morgan fingerprint density at radius 2 is 2.27 bits per heavy atom. The van der Waals surface area contributed by atoms with Gasteiger partial charge in [0.05, 0.1) is 4.34 Å². The van der Waals surface area contributed by atoms with Crippen molar-refractivity contribution in [2.24, 2.45) is 0 Å². The zero-order chi connectivity index (χ0) is 11.1. The van der Waals surface area contributed by atoms with Gasteiger partial charge in [0.2, 0.25) is 0 Å².